The van der Waals surface area contributed by atoms with Crippen LogP contribution in [0.2, 0.25) is 0 Å². The molecule has 0 aromatic heterocycles. The highest BCUT2D eigenvalue weighted by molar-refractivity contribution is 5.21. The molecule has 1 heteroatoms. The molecule has 1 aromatic carbocycles. The highest BCUT2D eigenvalue weighted by Gasteiger charge is 2.25. The zero-order valence-corrected chi connectivity index (χ0v) is 9.58. The standard InChI is InChI=1S/C14H21N/c1-2-15-14-11-7-6-10-13(14)12-8-4-3-5-9-12/h3-5,8-9,13-15H,2,6-7,10-11H2,1H3. The Morgan fingerprint density at radius 1 is 1.13 bits per heavy atom. The normalized spacial score (nSPS) is 26.5. The van der Waals surface area contributed by atoms with E-state index in [1.54, 1.807) is 0 Å². The Hall–Kier alpha value is -0.820. The third-order valence-corrected chi connectivity index (χ3v) is 3.46. The molecule has 15 heavy (non-hydrogen) atoms. The number of hydrogen-bond donors (Lipinski definition) is 1. The Morgan fingerprint density at radius 2 is 1.87 bits per heavy atom. The van der Waals surface area contributed by atoms with Crippen molar-refractivity contribution in [3.8, 4) is 0 Å². The van der Waals surface area contributed by atoms with Crippen molar-refractivity contribution in [2.45, 2.75) is 44.6 Å². The quantitative estimate of drug-likeness (QED) is 0.794. The lowest BCUT2D eigenvalue weighted by Gasteiger charge is -2.32. The van der Waals surface area contributed by atoms with Gasteiger partial charge in [-0.3, -0.25) is 0 Å². The molecule has 1 aliphatic carbocycles. The summed E-state index contributed by atoms with van der Waals surface area (Å²) in [6.07, 6.45) is 5.47. The highest BCUT2D eigenvalue weighted by Crippen LogP contribution is 2.32. The van der Waals surface area contributed by atoms with E-state index in [1.165, 1.54) is 31.2 Å². The minimum atomic E-state index is 0.700. The van der Waals surface area contributed by atoms with E-state index in [2.05, 4.69) is 42.6 Å². The maximum absolute atomic E-state index is 3.63. The van der Waals surface area contributed by atoms with E-state index >= 15 is 0 Å². The zero-order valence-electron chi connectivity index (χ0n) is 9.58. The fourth-order valence-electron chi connectivity index (χ4n) is 2.74. The molecule has 2 atom stereocenters. The van der Waals surface area contributed by atoms with Crippen molar-refractivity contribution in [3.63, 3.8) is 0 Å². The van der Waals surface area contributed by atoms with Crippen molar-refractivity contribution in [1.29, 1.82) is 0 Å². The first-order valence-corrected chi connectivity index (χ1v) is 6.20. The van der Waals surface area contributed by atoms with Gasteiger partial charge in [0.1, 0.15) is 0 Å². The number of likely N-dealkylation sites (N-methyl/N-ethyl adjacent to an activating group) is 1. The molecule has 0 spiro atoms. The molecule has 1 N–H and O–H groups in total. The lowest BCUT2D eigenvalue weighted by atomic mass is 9.80. The van der Waals surface area contributed by atoms with Crippen LogP contribution in [0.3, 0.4) is 0 Å². The van der Waals surface area contributed by atoms with Crippen LogP contribution in [0, 0.1) is 0 Å². The number of nitrogens with one attached hydrogen (secondary N) is 1. The number of benzene rings is 1. The van der Waals surface area contributed by atoms with E-state index in [1.807, 2.05) is 0 Å². The molecule has 1 fully saturated rings. The van der Waals surface area contributed by atoms with E-state index in [-0.39, 0.29) is 0 Å². The third-order valence-electron chi connectivity index (χ3n) is 3.46. The van der Waals surface area contributed by atoms with Gasteiger partial charge in [-0.15, -0.1) is 0 Å². The average Bonchev–Trinajstić information content (AvgIpc) is 2.31. The maximum Gasteiger partial charge on any atom is 0.0136 e. The van der Waals surface area contributed by atoms with Crippen LogP contribution in [-0.4, -0.2) is 12.6 Å². The molecule has 1 aliphatic rings. The lowest BCUT2D eigenvalue weighted by Crippen LogP contribution is -2.36. The molecule has 1 nitrogen and oxygen atoms in total. The second kappa shape index (κ2) is 5.32. The molecule has 0 aliphatic heterocycles. The summed E-state index contributed by atoms with van der Waals surface area (Å²) in [4.78, 5) is 0. The summed E-state index contributed by atoms with van der Waals surface area (Å²) in [6.45, 7) is 3.30. The first-order chi connectivity index (χ1) is 7.42. The Kier molecular flexibility index (Phi) is 3.79. The van der Waals surface area contributed by atoms with Gasteiger partial charge in [0, 0.05) is 6.04 Å². The summed E-state index contributed by atoms with van der Waals surface area (Å²) < 4.78 is 0. The van der Waals surface area contributed by atoms with Crippen LogP contribution in [0.5, 0.6) is 0 Å². The van der Waals surface area contributed by atoms with Gasteiger partial charge in [-0.2, -0.15) is 0 Å². The predicted molar refractivity (Wildman–Crippen MR) is 65.1 cm³/mol. The summed E-state index contributed by atoms with van der Waals surface area (Å²) in [5.41, 5.74) is 1.52. The van der Waals surface area contributed by atoms with E-state index in [0.717, 1.165) is 12.5 Å². The number of hydrogen-bond acceptors (Lipinski definition) is 1. The van der Waals surface area contributed by atoms with Crippen molar-refractivity contribution < 1.29 is 0 Å². The van der Waals surface area contributed by atoms with Gasteiger partial charge in [-0.25, -0.2) is 0 Å². The van der Waals surface area contributed by atoms with Gasteiger partial charge in [-0.1, -0.05) is 50.1 Å². The SMILES string of the molecule is CCNC1CCCCC1c1ccccc1. The Labute approximate surface area is 92.9 Å². The second-order valence-corrected chi connectivity index (χ2v) is 4.47. The topological polar surface area (TPSA) is 12.0 Å². The molecule has 0 amide bonds. The van der Waals surface area contributed by atoms with Gasteiger partial charge >= 0.3 is 0 Å². The van der Waals surface area contributed by atoms with Gasteiger partial charge in [-0.05, 0) is 30.9 Å². The number of rotatable bonds is 3. The molecule has 0 bridgehead atoms. The predicted octanol–water partition coefficient (Wildman–Crippen LogP) is 3.32. The summed E-state index contributed by atoms with van der Waals surface area (Å²) in [5, 5.41) is 3.63. The largest absolute Gasteiger partial charge is 0.314 e. The molecule has 0 heterocycles. The fourth-order valence-corrected chi connectivity index (χ4v) is 2.74. The van der Waals surface area contributed by atoms with Crippen LogP contribution in [0.25, 0.3) is 0 Å². The first kappa shape index (κ1) is 10.7. The van der Waals surface area contributed by atoms with Crippen LogP contribution < -0.4 is 5.32 Å². The summed E-state index contributed by atoms with van der Waals surface area (Å²) in [5.74, 6) is 0.736. The van der Waals surface area contributed by atoms with Crippen LogP contribution >= 0.6 is 0 Å². The zero-order chi connectivity index (χ0) is 10.5. The van der Waals surface area contributed by atoms with Crippen molar-refractivity contribution in [2.75, 3.05) is 6.54 Å². The molecule has 2 unspecified atom stereocenters. The first-order valence-electron chi connectivity index (χ1n) is 6.20. The van der Waals surface area contributed by atoms with Gasteiger partial charge in [0.15, 0.2) is 0 Å². The van der Waals surface area contributed by atoms with Crippen molar-refractivity contribution in [3.05, 3.63) is 35.9 Å². The fraction of sp³-hybridized carbons (Fsp3) is 0.571. The molecule has 1 aromatic rings. The van der Waals surface area contributed by atoms with Crippen molar-refractivity contribution in [1.82, 2.24) is 5.32 Å². The van der Waals surface area contributed by atoms with E-state index < -0.39 is 0 Å². The van der Waals surface area contributed by atoms with Gasteiger partial charge in [0.25, 0.3) is 0 Å². The monoisotopic (exact) mass is 203 g/mol. The van der Waals surface area contributed by atoms with Crippen LogP contribution in [0.4, 0.5) is 0 Å². The van der Waals surface area contributed by atoms with Gasteiger partial charge < -0.3 is 5.32 Å². The average molecular weight is 203 g/mol. The minimum Gasteiger partial charge on any atom is -0.314 e. The Bertz CT molecular complexity index is 279. The maximum atomic E-state index is 3.63. The van der Waals surface area contributed by atoms with Crippen molar-refractivity contribution >= 4 is 0 Å². The summed E-state index contributed by atoms with van der Waals surface area (Å²) in [6, 6.07) is 11.7. The molecule has 0 saturated heterocycles. The third kappa shape index (κ3) is 2.60. The minimum absolute atomic E-state index is 0.700. The second-order valence-electron chi connectivity index (χ2n) is 4.47. The smallest absolute Gasteiger partial charge is 0.0136 e. The van der Waals surface area contributed by atoms with E-state index in [9.17, 15) is 0 Å². The molecular formula is C14H21N. The van der Waals surface area contributed by atoms with Crippen LogP contribution in [0.15, 0.2) is 30.3 Å². The molecular weight excluding hydrogens is 182 g/mol. The van der Waals surface area contributed by atoms with E-state index in [4.69, 9.17) is 0 Å². The lowest BCUT2D eigenvalue weighted by molar-refractivity contribution is 0.332. The Balaban J connectivity index is 2.11. The molecule has 82 valence electrons. The van der Waals surface area contributed by atoms with Gasteiger partial charge in [0.05, 0.1) is 0 Å². The van der Waals surface area contributed by atoms with Gasteiger partial charge in [0.2, 0.25) is 0 Å². The summed E-state index contributed by atoms with van der Waals surface area (Å²) >= 11 is 0. The van der Waals surface area contributed by atoms with E-state index in [0.29, 0.717) is 6.04 Å². The molecule has 2 rings (SSSR count). The van der Waals surface area contributed by atoms with Crippen LogP contribution in [0.1, 0.15) is 44.1 Å². The van der Waals surface area contributed by atoms with Crippen molar-refractivity contribution in [2.24, 2.45) is 0 Å². The Morgan fingerprint density at radius 3 is 2.60 bits per heavy atom. The van der Waals surface area contributed by atoms with Crippen LogP contribution in [-0.2, 0) is 0 Å². The highest BCUT2D eigenvalue weighted by atomic mass is 14.9. The molecule has 0 radical (unpaired) electrons. The molecule has 1 saturated carbocycles. The summed E-state index contributed by atoms with van der Waals surface area (Å²) in [7, 11) is 0.